The summed E-state index contributed by atoms with van der Waals surface area (Å²) in [6.45, 7) is 2.74. The number of carbonyl (C=O) groups excluding carboxylic acids is 1. The quantitative estimate of drug-likeness (QED) is 0.847. The molecule has 0 radical (unpaired) electrons. The van der Waals surface area contributed by atoms with Gasteiger partial charge in [0, 0.05) is 32.4 Å². The molecule has 110 valence electrons. The SMILES string of the molecule is CCn1cc(NC(=O)N(C)CC(O)C2CC2)ccc1=O. The van der Waals surface area contributed by atoms with Crippen molar-refractivity contribution in [3.63, 3.8) is 0 Å². The van der Waals surface area contributed by atoms with Gasteiger partial charge in [0.05, 0.1) is 11.8 Å². The van der Waals surface area contributed by atoms with Gasteiger partial charge in [-0.05, 0) is 31.7 Å². The normalized spacial score (nSPS) is 15.8. The van der Waals surface area contributed by atoms with Crippen molar-refractivity contribution < 1.29 is 9.90 Å². The van der Waals surface area contributed by atoms with Crippen molar-refractivity contribution in [2.24, 2.45) is 5.92 Å². The van der Waals surface area contributed by atoms with E-state index in [2.05, 4.69) is 5.32 Å². The Hall–Kier alpha value is -1.82. The maximum absolute atomic E-state index is 12.0. The molecule has 1 unspecified atom stereocenters. The van der Waals surface area contributed by atoms with E-state index in [1.165, 1.54) is 15.5 Å². The minimum Gasteiger partial charge on any atom is -0.391 e. The topological polar surface area (TPSA) is 74.6 Å². The van der Waals surface area contributed by atoms with Gasteiger partial charge in [-0.1, -0.05) is 0 Å². The number of hydrogen-bond donors (Lipinski definition) is 2. The lowest BCUT2D eigenvalue weighted by atomic mass is 10.2. The lowest BCUT2D eigenvalue weighted by molar-refractivity contribution is 0.117. The second-order valence-electron chi connectivity index (χ2n) is 5.26. The van der Waals surface area contributed by atoms with E-state index in [-0.39, 0.29) is 11.6 Å². The molecule has 1 aliphatic carbocycles. The van der Waals surface area contributed by atoms with Gasteiger partial charge in [0.25, 0.3) is 5.56 Å². The Morgan fingerprint density at radius 2 is 2.25 bits per heavy atom. The summed E-state index contributed by atoms with van der Waals surface area (Å²) in [6.07, 6.45) is 3.25. The average molecular weight is 279 g/mol. The van der Waals surface area contributed by atoms with Crippen LogP contribution in [0.25, 0.3) is 0 Å². The highest BCUT2D eigenvalue weighted by atomic mass is 16.3. The summed E-state index contributed by atoms with van der Waals surface area (Å²) in [6, 6.07) is 2.72. The van der Waals surface area contributed by atoms with Crippen molar-refractivity contribution in [3.8, 4) is 0 Å². The summed E-state index contributed by atoms with van der Waals surface area (Å²) in [7, 11) is 1.65. The molecular weight excluding hydrogens is 258 g/mol. The molecule has 0 bridgehead atoms. The molecule has 1 saturated carbocycles. The first-order valence-electron chi connectivity index (χ1n) is 6.92. The van der Waals surface area contributed by atoms with Crippen molar-refractivity contribution in [1.82, 2.24) is 9.47 Å². The summed E-state index contributed by atoms with van der Waals surface area (Å²) >= 11 is 0. The fourth-order valence-corrected chi connectivity index (χ4v) is 2.06. The standard InChI is InChI=1S/C14H21N3O3/c1-3-17-8-11(6-7-13(17)19)15-14(20)16(2)9-12(18)10-4-5-10/h6-8,10,12,18H,3-5,9H2,1-2H3,(H,15,20). The Bertz CT molecular complexity index is 537. The van der Waals surface area contributed by atoms with Crippen LogP contribution in [0.5, 0.6) is 0 Å². The number of carbonyl (C=O) groups is 1. The van der Waals surface area contributed by atoms with Crippen LogP contribution in [0.15, 0.2) is 23.1 Å². The molecule has 0 spiro atoms. The first-order chi connectivity index (χ1) is 9.51. The van der Waals surface area contributed by atoms with Gasteiger partial charge in [-0.15, -0.1) is 0 Å². The van der Waals surface area contributed by atoms with Crippen LogP contribution < -0.4 is 10.9 Å². The number of aromatic nitrogens is 1. The fraction of sp³-hybridized carbons (Fsp3) is 0.571. The lowest BCUT2D eigenvalue weighted by Crippen LogP contribution is -2.38. The molecule has 1 aromatic rings. The second kappa shape index (κ2) is 6.09. The van der Waals surface area contributed by atoms with Crippen molar-refractivity contribution in [2.75, 3.05) is 18.9 Å². The molecule has 1 fully saturated rings. The monoisotopic (exact) mass is 279 g/mol. The molecule has 1 atom stereocenters. The minimum absolute atomic E-state index is 0.0944. The maximum Gasteiger partial charge on any atom is 0.321 e. The molecule has 1 aliphatic rings. The predicted octanol–water partition coefficient (Wildman–Crippen LogP) is 1.10. The Kier molecular flexibility index (Phi) is 4.44. The van der Waals surface area contributed by atoms with E-state index in [9.17, 15) is 14.7 Å². The molecule has 6 heteroatoms. The number of anilines is 1. The number of aliphatic hydroxyl groups is 1. The van der Waals surface area contributed by atoms with Crippen LogP contribution >= 0.6 is 0 Å². The number of hydrogen-bond acceptors (Lipinski definition) is 3. The Balaban J connectivity index is 1.94. The maximum atomic E-state index is 12.0. The van der Waals surface area contributed by atoms with Gasteiger partial charge < -0.3 is 19.9 Å². The smallest absolute Gasteiger partial charge is 0.321 e. The number of aryl methyl sites for hydroxylation is 1. The predicted molar refractivity (Wildman–Crippen MR) is 76.8 cm³/mol. The van der Waals surface area contributed by atoms with Crippen molar-refractivity contribution in [1.29, 1.82) is 0 Å². The van der Waals surface area contributed by atoms with Crippen molar-refractivity contribution in [3.05, 3.63) is 28.7 Å². The third-order valence-corrected chi connectivity index (χ3v) is 3.55. The van der Waals surface area contributed by atoms with Gasteiger partial charge in [0.1, 0.15) is 0 Å². The lowest BCUT2D eigenvalue weighted by Gasteiger charge is -2.21. The molecule has 2 amide bonds. The first-order valence-corrected chi connectivity index (χ1v) is 6.92. The molecule has 2 rings (SSSR count). The number of rotatable bonds is 5. The van der Waals surface area contributed by atoms with Gasteiger partial charge in [-0.3, -0.25) is 4.79 Å². The van der Waals surface area contributed by atoms with Crippen molar-refractivity contribution in [2.45, 2.75) is 32.4 Å². The van der Waals surface area contributed by atoms with E-state index in [0.717, 1.165) is 12.8 Å². The zero-order chi connectivity index (χ0) is 14.7. The zero-order valence-corrected chi connectivity index (χ0v) is 11.9. The third-order valence-electron chi connectivity index (χ3n) is 3.55. The summed E-state index contributed by atoms with van der Waals surface area (Å²) < 4.78 is 1.52. The summed E-state index contributed by atoms with van der Waals surface area (Å²) in [5.41, 5.74) is 0.479. The van der Waals surface area contributed by atoms with Crippen LogP contribution in [0.1, 0.15) is 19.8 Å². The molecule has 0 saturated heterocycles. The number of pyridine rings is 1. The van der Waals surface area contributed by atoms with Gasteiger partial charge in [0.15, 0.2) is 0 Å². The van der Waals surface area contributed by atoms with E-state index >= 15 is 0 Å². The number of urea groups is 1. The minimum atomic E-state index is -0.449. The van der Waals surface area contributed by atoms with E-state index in [4.69, 9.17) is 0 Å². The number of amides is 2. The Labute approximate surface area is 118 Å². The van der Waals surface area contributed by atoms with Gasteiger partial charge in [-0.2, -0.15) is 0 Å². The van der Waals surface area contributed by atoms with Crippen LogP contribution in [0.2, 0.25) is 0 Å². The highest BCUT2D eigenvalue weighted by Gasteiger charge is 2.31. The van der Waals surface area contributed by atoms with Crippen LogP contribution in [0.3, 0.4) is 0 Å². The van der Waals surface area contributed by atoms with Gasteiger partial charge >= 0.3 is 6.03 Å². The molecule has 2 N–H and O–H groups in total. The average Bonchev–Trinajstić information content (AvgIpc) is 3.25. The molecule has 1 aromatic heterocycles. The molecule has 0 aromatic carbocycles. The zero-order valence-electron chi connectivity index (χ0n) is 11.9. The molecular formula is C14H21N3O3. The number of aliphatic hydroxyl groups excluding tert-OH is 1. The fourth-order valence-electron chi connectivity index (χ4n) is 2.06. The highest BCUT2D eigenvalue weighted by Crippen LogP contribution is 2.32. The van der Waals surface area contributed by atoms with Crippen LogP contribution in [0, 0.1) is 5.92 Å². The summed E-state index contributed by atoms with van der Waals surface area (Å²) in [4.78, 5) is 24.9. The van der Waals surface area contributed by atoms with Crippen LogP contribution in [-0.4, -0.2) is 40.3 Å². The second-order valence-corrected chi connectivity index (χ2v) is 5.26. The molecule has 0 aliphatic heterocycles. The summed E-state index contributed by atoms with van der Waals surface area (Å²) in [5.74, 6) is 0.340. The Morgan fingerprint density at radius 3 is 2.85 bits per heavy atom. The van der Waals surface area contributed by atoms with E-state index in [0.29, 0.717) is 24.7 Å². The number of nitrogens with zero attached hydrogens (tertiary/aromatic N) is 2. The van der Waals surface area contributed by atoms with Gasteiger partial charge in [0.2, 0.25) is 0 Å². The first kappa shape index (κ1) is 14.6. The van der Waals surface area contributed by atoms with E-state index in [1.807, 2.05) is 6.92 Å². The van der Waals surface area contributed by atoms with Crippen molar-refractivity contribution >= 4 is 11.7 Å². The van der Waals surface area contributed by atoms with E-state index < -0.39 is 6.10 Å². The number of nitrogens with one attached hydrogen (secondary N) is 1. The van der Waals surface area contributed by atoms with Crippen LogP contribution in [0.4, 0.5) is 10.5 Å². The summed E-state index contributed by atoms with van der Waals surface area (Å²) in [5, 5.41) is 12.6. The number of likely N-dealkylation sites (N-methyl/N-ethyl adjacent to an activating group) is 1. The molecule has 20 heavy (non-hydrogen) atoms. The van der Waals surface area contributed by atoms with Crippen LogP contribution in [-0.2, 0) is 6.54 Å². The van der Waals surface area contributed by atoms with Gasteiger partial charge in [-0.25, -0.2) is 4.79 Å². The molecule has 1 heterocycles. The Morgan fingerprint density at radius 1 is 1.55 bits per heavy atom. The van der Waals surface area contributed by atoms with E-state index in [1.54, 1.807) is 19.3 Å². The molecule has 6 nitrogen and oxygen atoms in total. The highest BCUT2D eigenvalue weighted by molar-refractivity contribution is 5.88. The third kappa shape index (κ3) is 3.60. The largest absolute Gasteiger partial charge is 0.391 e.